The molecule has 3 heterocycles. The number of hydrogen-bond acceptors (Lipinski definition) is 4. The topological polar surface area (TPSA) is 94.7 Å². The standard InChI is InChI=1S/C14H17N5O2/c1-9-8-10(5-6-15-9)13(20)19-7-3-2-4-11(19)12-16-14(21)18-17-12/h5-6,8,11H,2-4,7H2,1H3,(H2,16,17,18,21). The van der Waals surface area contributed by atoms with Crippen molar-refractivity contribution in [2.75, 3.05) is 6.54 Å². The Kier molecular flexibility index (Phi) is 3.55. The second-order valence-corrected chi connectivity index (χ2v) is 5.26. The number of aromatic amines is 2. The van der Waals surface area contributed by atoms with Gasteiger partial charge in [-0.3, -0.25) is 14.8 Å². The Morgan fingerprint density at radius 2 is 2.29 bits per heavy atom. The molecule has 3 rings (SSSR count). The first-order valence-electron chi connectivity index (χ1n) is 7.03. The normalized spacial score (nSPS) is 18.7. The van der Waals surface area contributed by atoms with E-state index in [-0.39, 0.29) is 17.6 Å². The summed E-state index contributed by atoms with van der Waals surface area (Å²) in [7, 11) is 0. The molecule has 2 aromatic heterocycles. The molecule has 1 amide bonds. The van der Waals surface area contributed by atoms with E-state index in [4.69, 9.17) is 0 Å². The van der Waals surface area contributed by atoms with Crippen molar-refractivity contribution in [2.24, 2.45) is 0 Å². The molecular formula is C14H17N5O2. The number of piperidine rings is 1. The van der Waals surface area contributed by atoms with Gasteiger partial charge in [-0.05, 0) is 38.3 Å². The summed E-state index contributed by atoms with van der Waals surface area (Å²) in [5.41, 5.74) is 1.08. The summed E-state index contributed by atoms with van der Waals surface area (Å²) in [6.45, 7) is 2.52. The highest BCUT2D eigenvalue weighted by molar-refractivity contribution is 5.94. The Morgan fingerprint density at radius 3 is 3.00 bits per heavy atom. The highest BCUT2D eigenvalue weighted by Gasteiger charge is 2.30. The van der Waals surface area contributed by atoms with Crippen molar-refractivity contribution in [3.8, 4) is 0 Å². The lowest BCUT2D eigenvalue weighted by molar-refractivity contribution is 0.0600. The molecule has 0 saturated carbocycles. The molecule has 1 fully saturated rings. The molecule has 0 bridgehead atoms. The van der Waals surface area contributed by atoms with Crippen LogP contribution in [0.25, 0.3) is 0 Å². The van der Waals surface area contributed by atoms with Gasteiger partial charge in [0.05, 0.1) is 6.04 Å². The number of nitrogens with one attached hydrogen (secondary N) is 2. The van der Waals surface area contributed by atoms with Gasteiger partial charge in [-0.2, -0.15) is 5.10 Å². The Hall–Kier alpha value is -2.44. The number of carbonyl (C=O) groups is 1. The molecule has 1 saturated heterocycles. The number of H-pyrrole nitrogens is 2. The zero-order valence-corrected chi connectivity index (χ0v) is 11.8. The lowest BCUT2D eigenvalue weighted by Gasteiger charge is -2.34. The van der Waals surface area contributed by atoms with Crippen LogP contribution in [0.4, 0.5) is 0 Å². The smallest absolute Gasteiger partial charge is 0.328 e. The number of carbonyl (C=O) groups excluding carboxylic acids is 1. The number of amides is 1. The van der Waals surface area contributed by atoms with Gasteiger partial charge in [0.1, 0.15) is 0 Å². The van der Waals surface area contributed by atoms with Crippen LogP contribution in [0.5, 0.6) is 0 Å². The predicted octanol–water partition coefficient (Wildman–Crippen LogP) is 1.17. The molecule has 0 radical (unpaired) electrons. The number of nitrogens with zero attached hydrogens (tertiary/aromatic N) is 3. The molecule has 0 aliphatic carbocycles. The minimum absolute atomic E-state index is 0.0472. The zero-order valence-electron chi connectivity index (χ0n) is 11.8. The van der Waals surface area contributed by atoms with E-state index >= 15 is 0 Å². The number of aromatic nitrogens is 4. The van der Waals surface area contributed by atoms with E-state index in [1.54, 1.807) is 23.2 Å². The highest BCUT2D eigenvalue weighted by Crippen LogP contribution is 2.29. The minimum atomic E-state index is -0.345. The van der Waals surface area contributed by atoms with Gasteiger partial charge < -0.3 is 4.90 Å². The Bertz CT molecular complexity index is 705. The van der Waals surface area contributed by atoms with Crippen molar-refractivity contribution in [1.82, 2.24) is 25.1 Å². The summed E-state index contributed by atoms with van der Waals surface area (Å²) in [6, 6.07) is 3.31. The molecule has 110 valence electrons. The lowest BCUT2D eigenvalue weighted by atomic mass is 10.0. The van der Waals surface area contributed by atoms with E-state index in [0.717, 1.165) is 25.0 Å². The van der Waals surface area contributed by atoms with Gasteiger partial charge in [0.15, 0.2) is 5.82 Å². The Morgan fingerprint density at radius 1 is 1.43 bits per heavy atom. The van der Waals surface area contributed by atoms with Crippen LogP contribution in [-0.2, 0) is 0 Å². The lowest BCUT2D eigenvalue weighted by Crippen LogP contribution is -2.39. The van der Waals surface area contributed by atoms with Gasteiger partial charge in [-0.15, -0.1) is 0 Å². The molecular weight excluding hydrogens is 270 g/mol. The van der Waals surface area contributed by atoms with Crippen molar-refractivity contribution in [3.63, 3.8) is 0 Å². The van der Waals surface area contributed by atoms with Gasteiger partial charge in [0, 0.05) is 24.0 Å². The second-order valence-electron chi connectivity index (χ2n) is 5.26. The van der Waals surface area contributed by atoms with Gasteiger partial charge in [0.2, 0.25) is 0 Å². The quantitative estimate of drug-likeness (QED) is 0.866. The monoisotopic (exact) mass is 287 g/mol. The maximum absolute atomic E-state index is 12.7. The van der Waals surface area contributed by atoms with E-state index < -0.39 is 0 Å². The fourth-order valence-electron chi connectivity index (χ4n) is 2.74. The van der Waals surface area contributed by atoms with E-state index in [0.29, 0.717) is 17.9 Å². The van der Waals surface area contributed by atoms with E-state index in [1.807, 2.05) is 6.92 Å². The molecule has 7 heteroatoms. The molecule has 2 N–H and O–H groups in total. The summed E-state index contributed by atoms with van der Waals surface area (Å²) in [6.07, 6.45) is 4.41. The van der Waals surface area contributed by atoms with Gasteiger partial charge >= 0.3 is 5.69 Å². The number of rotatable bonds is 2. The van der Waals surface area contributed by atoms with E-state index in [1.165, 1.54) is 0 Å². The van der Waals surface area contributed by atoms with Crippen LogP contribution in [0, 0.1) is 6.92 Å². The van der Waals surface area contributed by atoms with Gasteiger partial charge in [-0.25, -0.2) is 9.89 Å². The summed E-state index contributed by atoms with van der Waals surface area (Å²) in [5, 5.41) is 6.35. The maximum Gasteiger partial charge on any atom is 0.340 e. The molecule has 0 aromatic carbocycles. The number of hydrogen-bond donors (Lipinski definition) is 2. The Balaban J connectivity index is 1.90. The fraction of sp³-hybridized carbons (Fsp3) is 0.429. The van der Waals surface area contributed by atoms with Crippen LogP contribution < -0.4 is 5.69 Å². The van der Waals surface area contributed by atoms with Crippen LogP contribution in [0.1, 0.15) is 47.2 Å². The third-order valence-electron chi connectivity index (χ3n) is 3.74. The van der Waals surface area contributed by atoms with Crippen molar-refractivity contribution >= 4 is 5.91 Å². The number of likely N-dealkylation sites (tertiary alicyclic amines) is 1. The maximum atomic E-state index is 12.7. The molecule has 1 aliphatic heterocycles. The van der Waals surface area contributed by atoms with Crippen molar-refractivity contribution in [3.05, 3.63) is 45.9 Å². The first kappa shape index (κ1) is 13.5. The summed E-state index contributed by atoms with van der Waals surface area (Å²) >= 11 is 0. The van der Waals surface area contributed by atoms with Crippen LogP contribution in [-0.4, -0.2) is 37.5 Å². The van der Waals surface area contributed by atoms with E-state index in [2.05, 4.69) is 20.2 Å². The fourth-order valence-corrected chi connectivity index (χ4v) is 2.74. The van der Waals surface area contributed by atoms with Gasteiger partial charge in [-0.1, -0.05) is 0 Å². The molecule has 21 heavy (non-hydrogen) atoms. The van der Waals surface area contributed by atoms with Crippen molar-refractivity contribution in [2.45, 2.75) is 32.2 Å². The predicted molar refractivity (Wildman–Crippen MR) is 75.8 cm³/mol. The van der Waals surface area contributed by atoms with E-state index in [9.17, 15) is 9.59 Å². The minimum Gasteiger partial charge on any atom is -0.328 e. The average molecular weight is 287 g/mol. The summed E-state index contributed by atoms with van der Waals surface area (Å²) in [5.74, 6) is 0.480. The largest absolute Gasteiger partial charge is 0.340 e. The van der Waals surface area contributed by atoms with Crippen LogP contribution in [0.2, 0.25) is 0 Å². The summed E-state index contributed by atoms with van der Waals surface area (Å²) in [4.78, 5) is 32.5. The van der Waals surface area contributed by atoms with Crippen LogP contribution in [0.3, 0.4) is 0 Å². The second kappa shape index (κ2) is 5.51. The molecule has 2 aromatic rings. The highest BCUT2D eigenvalue weighted by atomic mass is 16.2. The summed E-state index contributed by atoms with van der Waals surface area (Å²) < 4.78 is 0. The van der Waals surface area contributed by atoms with Crippen LogP contribution in [0.15, 0.2) is 23.1 Å². The molecule has 1 atom stereocenters. The Labute approximate surface area is 121 Å². The number of aryl methyl sites for hydroxylation is 1. The average Bonchev–Trinajstić information content (AvgIpc) is 2.93. The van der Waals surface area contributed by atoms with Crippen molar-refractivity contribution < 1.29 is 4.79 Å². The van der Waals surface area contributed by atoms with Crippen LogP contribution >= 0.6 is 0 Å². The number of pyridine rings is 1. The van der Waals surface area contributed by atoms with Crippen molar-refractivity contribution in [1.29, 1.82) is 0 Å². The molecule has 0 spiro atoms. The third-order valence-corrected chi connectivity index (χ3v) is 3.74. The molecule has 1 unspecified atom stereocenters. The molecule has 7 nitrogen and oxygen atoms in total. The SMILES string of the molecule is Cc1cc(C(=O)N2CCCCC2c2n[nH]c(=O)[nH]2)ccn1. The molecule has 1 aliphatic rings. The van der Waals surface area contributed by atoms with Gasteiger partial charge in [0.25, 0.3) is 5.91 Å². The first-order valence-corrected chi connectivity index (χ1v) is 7.03. The zero-order chi connectivity index (χ0) is 14.8. The first-order chi connectivity index (χ1) is 10.1. The third kappa shape index (κ3) is 2.72.